The SMILES string of the molecule is Cc1cc(-c2c(C(C)C)cccc2C(C)C)c(C)c(C(C)C)c1.Cc1cc(-c2c(C)cccc2C)c(C)c(-c2c(C)cccc2C)c1.Cc1cc(-c2ccccc2C(C)C)c(C)c(-c2c(C)cccc2C(C)C)c1.Cc1cc(-c2ccccc2C(C)C)c(C)c(C(C)C)c1.Cc1cc(C)c(C)c(-c2c(C(C)C)cccc2C(C)C)c1.Cc1cc(C)c(C)c(-c2ccccc2C(C)C)c1. The van der Waals surface area contributed by atoms with Crippen molar-refractivity contribution >= 4 is 0 Å². The van der Waals surface area contributed by atoms with Crippen molar-refractivity contribution in [3.63, 3.8) is 0 Å². The summed E-state index contributed by atoms with van der Waals surface area (Å²) in [6, 6.07) is 88.0. The second kappa shape index (κ2) is 46.8. The molecular weight excluding hydrogens is 1600 g/mol. The van der Waals surface area contributed by atoms with Gasteiger partial charge in [0.05, 0.1) is 0 Å². The third-order valence-electron chi connectivity index (χ3n) is 27.8. The van der Waals surface area contributed by atoms with Gasteiger partial charge in [0.25, 0.3) is 0 Å². The highest BCUT2D eigenvalue weighted by molar-refractivity contribution is 5.87. The normalized spacial score (nSPS) is 11.3. The van der Waals surface area contributed by atoms with Crippen LogP contribution in [0.15, 0.2) is 237 Å². The molecule has 14 aromatic carbocycles. The lowest BCUT2D eigenvalue weighted by Crippen LogP contribution is -2.03. The first kappa shape index (κ1) is 106. The van der Waals surface area contributed by atoms with Gasteiger partial charge in [0.15, 0.2) is 0 Å². The zero-order chi connectivity index (χ0) is 98.3. The van der Waals surface area contributed by atoms with Crippen LogP contribution in [0.2, 0.25) is 0 Å². The quantitative estimate of drug-likeness (QED) is 0.0803. The minimum Gasteiger partial charge on any atom is -0.0619 e. The number of rotatable bonds is 18. The number of aryl methyl sites for hydroxylation is 13. The Kier molecular flexibility index (Phi) is 37.2. The molecule has 0 nitrogen and oxygen atoms in total. The van der Waals surface area contributed by atoms with Gasteiger partial charge in [-0.2, -0.15) is 0 Å². The fraction of sp³-hybridized carbons (Fsp3) is 0.368. The molecule has 0 heteroatoms. The van der Waals surface area contributed by atoms with Crippen LogP contribution in [-0.2, 0) is 0 Å². The zero-order valence-corrected chi connectivity index (χ0v) is 89.8. The molecule has 0 N–H and O–H groups in total. The van der Waals surface area contributed by atoms with Gasteiger partial charge in [0.1, 0.15) is 0 Å². The Hall–Kier alpha value is -10.9. The lowest BCUT2D eigenvalue weighted by molar-refractivity contribution is 0.834. The molecular formula is C133H166. The van der Waals surface area contributed by atoms with Crippen LogP contribution in [0.5, 0.6) is 0 Å². The van der Waals surface area contributed by atoms with Crippen molar-refractivity contribution in [2.75, 3.05) is 0 Å². The number of hydrogen-bond acceptors (Lipinski definition) is 0. The molecule has 0 saturated carbocycles. The molecule has 698 valence electrons. The summed E-state index contributed by atoms with van der Waals surface area (Å²) < 4.78 is 0. The lowest BCUT2D eigenvalue weighted by Gasteiger charge is -2.23. The molecule has 0 fully saturated rings. The van der Waals surface area contributed by atoms with Crippen molar-refractivity contribution in [1.82, 2.24) is 0 Å². The van der Waals surface area contributed by atoms with Crippen molar-refractivity contribution in [1.29, 1.82) is 0 Å². The van der Waals surface area contributed by atoms with E-state index in [1.165, 1.54) is 250 Å². The van der Waals surface area contributed by atoms with Crippen molar-refractivity contribution in [2.24, 2.45) is 0 Å². The molecule has 0 saturated heterocycles. The first-order valence-corrected chi connectivity index (χ1v) is 50.1. The summed E-state index contributed by atoms with van der Waals surface area (Å²) in [4.78, 5) is 0. The fourth-order valence-corrected chi connectivity index (χ4v) is 20.4. The van der Waals surface area contributed by atoms with E-state index in [-0.39, 0.29) is 0 Å². The topological polar surface area (TPSA) is 0 Å². The summed E-state index contributed by atoms with van der Waals surface area (Å²) in [5, 5.41) is 0. The zero-order valence-electron chi connectivity index (χ0n) is 89.8. The molecule has 0 spiro atoms. The van der Waals surface area contributed by atoms with Gasteiger partial charge in [0, 0.05) is 0 Å². The lowest BCUT2D eigenvalue weighted by atomic mass is 9.81. The molecule has 14 aromatic rings. The van der Waals surface area contributed by atoms with Crippen LogP contribution in [-0.4, -0.2) is 0 Å². The minimum absolute atomic E-state index is 0.506. The van der Waals surface area contributed by atoms with Gasteiger partial charge >= 0.3 is 0 Å². The summed E-state index contributed by atoms with van der Waals surface area (Å²) >= 11 is 0. The maximum absolute atomic E-state index is 2.38. The maximum atomic E-state index is 2.38. The molecule has 0 atom stereocenters. The second-order valence-electron chi connectivity index (χ2n) is 42.0. The molecule has 0 unspecified atom stereocenters. The molecule has 0 aliphatic heterocycles. The molecule has 0 bridgehead atoms. The van der Waals surface area contributed by atoms with E-state index in [0.717, 1.165) is 0 Å². The molecule has 0 heterocycles. The monoisotopic (exact) mass is 1760 g/mol. The van der Waals surface area contributed by atoms with Crippen molar-refractivity contribution in [3.05, 3.63) is 398 Å². The second-order valence-corrected chi connectivity index (χ2v) is 42.0. The highest BCUT2D eigenvalue weighted by atomic mass is 14.3. The van der Waals surface area contributed by atoms with Crippen molar-refractivity contribution in [2.45, 2.75) is 329 Å². The maximum Gasteiger partial charge on any atom is -0.0112 e. The highest BCUT2D eigenvalue weighted by Crippen LogP contribution is 2.47. The van der Waals surface area contributed by atoms with E-state index in [4.69, 9.17) is 0 Å². The van der Waals surface area contributed by atoms with E-state index in [0.29, 0.717) is 59.2 Å². The Morgan fingerprint density at radius 3 is 0.602 bits per heavy atom. The molecule has 0 aliphatic carbocycles. The first-order valence-electron chi connectivity index (χ1n) is 50.1. The largest absolute Gasteiger partial charge is 0.0619 e. The average molecular weight is 1760 g/mol. The van der Waals surface area contributed by atoms with Crippen LogP contribution < -0.4 is 0 Å². The molecule has 14 rings (SSSR count). The smallest absolute Gasteiger partial charge is 0.0112 e. The Morgan fingerprint density at radius 1 is 0.120 bits per heavy atom. The highest BCUT2D eigenvalue weighted by Gasteiger charge is 2.25. The van der Waals surface area contributed by atoms with Gasteiger partial charge in [0.2, 0.25) is 0 Å². The van der Waals surface area contributed by atoms with Crippen LogP contribution in [0.4, 0.5) is 0 Å². The molecule has 0 aliphatic rings. The van der Waals surface area contributed by atoms with Crippen molar-refractivity contribution < 1.29 is 0 Å². The summed E-state index contributed by atoms with van der Waals surface area (Å²) in [5.74, 6) is 5.40. The van der Waals surface area contributed by atoms with Crippen LogP contribution in [0.25, 0.3) is 89.0 Å². The third kappa shape index (κ3) is 25.4. The predicted octanol–water partition coefficient (Wildman–Crippen LogP) is 40.5. The fourth-order valence-electron chi connectivity index (χ4n) is 20.4. The minimum atomic E-state index is 0.506. The Morgan fingerprint density at radius 2 is 0.301 bits per heavy atom. The van der Waals surface area contributed by atoms with Crippen molar-refractivity contribution in [3.8, 4) is 89.0 Å². The van der Waals surface area contributed by atoms with Crippen LogP contribution in [0, 0.1) is 132 Å². The van der Waals surface area contributed by atoms with Gasteiger partial charge in [-0.15, -0.1) is 0 Å². The van der Waals surface area contributed by atoms with Gasteiger partial charge in [-0.05, 0) is 419 Å². The molecule has 0 amide bonds. The summed E-state index contributed by atoms with van der Waals surface area (Å²) in [6.45, 7) is 88.1. The molecule has 0 radical (unpaired) electrons. The molecule has 133 heavy (non-hydrogen) atoms. The Balaban J connectivity index is 0.000000180. The Labute approximate surface area is 810 Å². The van der Waals surface area contributed by atoms with E-state index in [2.05, 4.69) is 507 Å². The summed E-state index contributed by atoms with van der Waals surface area (Å²) in [7, 11) is 0. The van der Waals surface area contributed by atoms with Gasteiger partial charge in [-0.25, -0.2) is 0 Å². The third-order valence-corrected chi connectivity index (χ3v) is 27.8. The van der Waals surface area contributed by atoms with Crippen LogP contribution >= 0.6 is 0 Å². The van der Waals surface area contributed by atoms with Crippen LogP contribution in [0.1, 0.15) is 359 Å². The number of benzene rings is 14. The molecule has 0 aromatic heterocycles. The van der Waals surface area contributed by atoms with Gasteiger partial charge < -0.3 is 0 Å². The first-order chi connectivity index (χ1) is 62.7. The van der Waals surface area contributed by atoms with E-state index < -0.39 is 0 Å². The van der Waals surface area contributed by atoms with Crippen LogP contribution in [0.3, 0.4) is 0 Å². The summed E-state index contributed by atoms with van der Waals surface area (Å²) in [6.07, 6.45) is 0. The summed E-state index contributed by atoms with van der Waals surface area (Å²) in [5.41, 5.74) is 62.9. The van der Waals surface area contributed by atoms with Gasteiger partial charge in [-0.1, -0.05) is 397 Å². The van der Waals surface area contributed by atoms with E-state index in [9.17, 15) is 0 Å². The van der Waals surface area contributed by atoms with E-state index in [1.807, 2.05) is 0 Å². The van der Waals surface area contributed by atoms with E-state index in [1.54, 1.807) is 0 Å². The Bertz CT molecular complexity index is 6180. The number of hydrogen-bond donors (Lipinski definition) is 0. The predicted molar refractivity (Wildman–Crippen MR) is 593 cm³/mol. The van der Waals surface area contributed by atoms with Gasteiger partial charge in [-0.3, -0.25) is 0 Å². The van der Waals surface area contributed by atoms with E-state index >= 15 is 0 Å². The standard InChI is InChI=1S/C27H32.C24H26.C23H32.C21H28.C20H26.C18H22/c1-17(2)22-12-8-9-13-24(22)25-15-19(5)16-26(21(25)7)27-20(6)11-10-14-23(27)18(3)4;1-15-13-21(23-16(2)9-7-10-17(23)3)20(6)22(14-15)24-18(4)11-8-12-19(24)5;1-14(2)19-10-9-11-20(15(3)4)23(19)22-13-17(7)12-21(16(5)6)18(22)8;1-13(2)18-9-8-10-19(14(3)4)21(18)20-12-15(5)11-16(6)17(20)7;1-13(2)17-9-7-8-10-18(17)20-12-15(5)11-19(14(3)4)16(20)6;1-12(2)16-8-6-7-9-17(16)18-11-13(3)10-14(4)15(18)5/h8-18H,1-7H3;7-14H,1-6H3;9-16H,1-8H3;8-14H,1-7H3;7-14H,1-6H3;6-12H,1-5H3. The average Bonchev–Trinajstić information content (AvgIpc) is 0.787.